The average molecular weight is 170 g/mol. The average Bonchev–Trinajstić information content (AvgIpc) is 2.10. The van der Waals surface area contributed by atoms with Crippen molar-refractivity contribution in [1.29, 1.82) is 0 Å². The lowest BCUT2D eigenvalue weighted by Crippen LogP contribution is -1.94. The molecule has 0 aliphatic carbocycles. The van der Waals surface area contributed by atoms with Gasteiger partial charge >= 0.3 is 0 Å². The molecule has 70 valence electrons. The zero-order chi connectivity index (χ0) is 9.23. The Morgan fingerprint density at radius 3 is 2.58 bits per heavy atom. The van der Waals surface area contributed by atoms with Crippen molar-refractivity contribution in [2.24, 2.45) is 0 Å². The van der Waals surface area contributed by atoms with Crippen LogP contribution in [0.1, 0.15) is 39.5 Å². The number of carbonyl (C=O) groups is 1. The number of ether oxygens (including phenoxy) is 1. The van der Waals surface area contributed by atoms with Crippen molar-refractivity contribution in [3.63, 3.8) is 0 Å². The Labute approximate surface area is 74.6 Å². The maximum Gasteiger partial charge on any atom is 0.146 e. The second-order valence-corrected chi connectivity index (χ2v) is 2.72. The fraction of sp³-hybridized carbons (Fsp3) is 0.700. The fourth-order valence-corrected chi connectivity index (χ4v) is 0.864. The predicted molar refractivity (Wildman–Crippen MR) is 49.9 cm³/mol. The molecule has 0 aromatic carbocycles. The molecular weight excluding hydrogens is 152 g/mol. The maximum atomic E-state index is 10.2. The van der Waals surface area contributed by atoms with Gasteiger partial charge in [0.2, 0.25) is 0 Å². The molecule has 0 N–H and O–H groups in total. The third-order valence-electron chi connectivity index (χ3n) is 1.52. The van der Waals surface area contributed by atoms with Gasteiger partial charge < -0.3 is 4.74 Å². The highest BCUT2D eigenvalue weighted by Gasteiger charge is 1.95. The van der Waals surface area contributed by atoms with E-state index in [9.17, 15) is 4.79 Å². The van der Waals surface area contributed by atoms with E-state index in [4.69, 9.17) is 4.74 Å². The molecular formula is C10H18O2. The third-order valence-corrected chi connectivity index (χ3v) is 1.52. The first kappa shape index (κ1) is 11.2. The summed E-state index contributed by atoms with van der Waals surface area (Å²) in [4.78, 5) is 10.2. The van der Waals surface area contributed by atoms with Gasteiger partial charge in [0.05, 0.1) is 12.4 Å². The molecule has 0 spiro atoms. The van der Waals surface area contributed by atoms with Crippen molar-refractivity contribution < 1.29 is 9.53 Å². The Hall–Kier alpha value is -0.790. The van der Waals surface area contributed by atoms with E-state index in [0.717, 1.165) is 37.7 Å². The Balaban J connectivity index is 3.70. The van der Waals surface area contributed by atoms with Crippen LogP contribution in [0.4, 0.5) is 0 Å². The van der Waals surface area contributed by atoms with Crippen molar-refractivity contribution in [1.82, 2.24) is 0 Å². The van der Waals surface area contributed by atoms with Crippen LogP contribution in [0, 0.1) is 0 Å². The van der Waals surface area contributed by atoms with Gasteiger partial charge in [0, 0.05) is 12.5 Å². The maximum absolute atomic E-state index is 10.2. The number of hydrogen-bond acceptors (Lipinski definition) is 2. The zero-order valence-corrected chi connectivity index (χ0v) is 8.01. The van der Waals surface area contributed by atoms with Crippen LogP contribution >= 0.6 is 0 Å². The molecule has 0 bridgehead atoms. The van der Waals surface area contributed by atoms with Crippen LogP contribution in [-0.2, 0) is 9.53 Å². The monoisotopic (exact) mass is 170 g/mol. The highest BCUT2D eigenvalue weighted by molar-refractivity contribution is 5.65. The van der Waals surface area contributed by atoms with Crippen LogP contribution < -0.4 is 0 Å². The molecule has 0 saturated carbocycles. The molecule has 2 nitrogen and oxygen atoms in total. The van der Waals surface area contributed by atoms with E-state index in [-0.39, 0.29) is 0 Å². The summed E-state index contributed by atoms with van der Waals surface area (Å²) in [7, 11) is 0. The Morgan fingerprint density at radius 1 is 1.33 bits per heavy atom. The fourth-order valence-electron chi connectivity index (χ4n) is 0.864. The summed E-state index contributed by atoms with van der Waals surface area (Å²) < 4.78 is 5.36. The Bertz CT molecular complexity index is 129. The molecule has 0 rings (SSSR count). The van der Waals surface area contributed by atoms with Crippen molar-refractivity contribution in [3.8, 4) is 0 Å². The van der Waals surface area contributed by atoms with E-state index in [1.807, 2.05) is 0 Å². The molecule has 0 fully saturated rings. The van der Waals surface area contributed by atoms with E-state index in [2.05, 4.69) is 13.8 Å². The minimum Gasteiger partial charge on any atom is -0.498 e. The third kappa shape index (κ3) is 5.96. The zero-order valence-electron chi connectivity index (χ0n) is 8.01. The molecule has 0 saturated heterocycles. The molecule has 0 aliphatic heterocycles. The van der Waals surface area contributed by atoms with Crippen LogP contribution in [0.25, 0.3) is 0 Å². The van der Waals surface area contributed by atoms with Crippen LogP contribution in [0.3, 0.4) is 0 Å². The topological polar surface area (TPSA) is 26.3 Å². The second-order valence-electron chi connectivity index (χ2n) is 2.72. The van der Waals surface area contributed by atoms with Gasteiger partial charge in [-0.1, -0.05) is 20.3 Å². The van der Waals surface area contributed by atoms with Crippen LogP contribution in [-0.4, -0.2) is 12.9 Å². The summed E-state index contributed by atoms with van der Waals surface area (Å²) in [5.41, 5.74) is 0. The number of unbranched alkanes of at least 4 members (excludes halogenated alkanes) is 1. The quantitative estimate of drug-likeness (QED) is 0.333. The molecule has 12 heavy (non-hydrogen) atoms. The van der Waals surface area contributed by atoms with Crippen molar-refractivity contribution in [2.45, 2.75) is 39.5 Å². The van der Waals surface area contributed by atoms with E-state index in [0.29, 0.717) is 6.61 Å². The van der Waals surface area contributed by atoms with E-state index in [1.165, 1.54) is 6.08 Å². The first-order valence-electron chi connectivity index (χ1n) is 4.62. The first-order chi connectivity index (χ1) is 5.85. The van der Waals surface area contributed by atoms with Gasteiger partial charge in [-0.2, -0.15) is 0 Å². The first-order valence-corrected chi connectivity index (χ1v) is 4.62. The highest BCUT2D eigenvalue weighted by atomic mass is 16.5. The molecule has 2 heteroatoms. The summed E-state index contributed by atoms with van der Waals surface area (Å²) in [5.74, 6) is 0.828. The van der Waals surface area contributed by atoms with E-state index in [1.54, 1.807) is 0 Å². The molecule has 0 aliphatic rings. The molecule has 0 atom stereocenters. The highest BCUT2D eigenvalue weighted by Crippen LogP contribution is 2.08. The summed E-state index contributed by atoms with van der Waals surface area (Å²) in [5, 5.41) is 0. The molecule has 0 aromatic rings. The van der Waals surface area contributed by atoms with Crippen LogP contribution in [0.2, 0.25) is 0 Å². The standard InChI is InChI=1S/C10H18O2/c1-3-5-6-10(7-8-11)12-9-4-2/h7-8H,3-6,9H2,1-2H3/b10-7+. The van der Waals surface area contributed by atoms with E-state index >= 15 is 0 Å². The summed E-state index contributed by atoms with van der Waals surface area (Å²) in [6.07, 6.45) is 6.40. The van der Waals surface area contributed by atoms with Crippen molar-refractivity contribution in [3.05, 3.63) is 11.8 Å². The molecule has 0 unspecified atom stereocenters. The number of rotatable bonds is 7. The van der Waals surface area contributed by atoms with Gasteiger partial charge in [-0.15, -0.1) is 0 Å². The van der Waals surface area contributed by atoms with Gasteiger partial charge in [-0.05, 0) is 12.8 Å². The van der Waals surface area contributed by atoms with Gasteiger partial charge in [-0.3, -0.25) is 4.79 Å². The Kier molecular flexibility index (Phi) is 7.76. The molecule has 0 amide bonds. The smallest absolute Gasteiger partial charge is 0.146 e. The summed E-state index contributed by atoms with van der Waals surface area (Å²) in [6.45, 7) is 4.89. The normalized spacial score (nSPS) is 11.3. The minimum atomic E-state index is 0.712. The van der Waals surface area contributed by atoms with Gasteiger partial charge in [0.25, 0.3) is 0 Å². The molecule has 0 heterocycles. The molecule has 0 aromatic heterocycles. The summed E-state index contributed by atoms with van der Waals surface area (Å²) in [6, 6.07) is 0. The Morgan fingerprint density at radius 2 is 2.08 bits per heavy atom. The lowest BCUT2D eigenvalue weighted by atomic mass is 10.2. The minimum absolute atomic E-state index is 0.712. The van der Waals surface area contributed by atoms with Gasteiger partial charge in [0.1, 0.15) is 6.29 Å². The number of aldehydes is 1. The second kappa shape index (κ2) is 8.31. The van der Waals surface area contributed by atoms with Gasteiger partial charge in [-0.25, -0.2) is 0 Å². The summed E-state index contributed by atoms with van der Waals surface area (Å²) >= 11 is 0. The number of hydrogen-bond donors (Lipinski definition) is 0. The lowest BCUT2D eigenvalue weighted by molar-refractivity contribution is -0.104. The van der Waals surface area contributed by atoms with E-state index < -0.39 is 0 Å². The number of allylic oxidation sites excluding steroid dienone is 2. The predicted octanol–water partition coefficient (Wildman–Crippen LogP) is 2.69. The molecule has 0 radical (unpaired) electrons. The van der Waals surface area contributed by atoms with Crippen LogP contribution in [0.5, 0.6) is 0 Å². The van der Waals surface area contributed by atoms with Crippen molar-refractivity contribution in [2.75, 3.05) is 6.61 Å². The van der Waals surface area contributed by atoms with Crippen LogP contribution in [0.15, 0.2) is 11.8 Å². The number of carbonyl (C=O) groups excluding carboxylic acids is 1. The lowest BCUT2D eigenvalue weighted by Gasteiger charge is -2.07. The SMILES string of the molecule is CCCC/C(=C\C=O)OCCC. The van der Waals surface area contributed by atoms with Gasteiger partial charge in [0.15, 0.2) is 0 Å². The largest absolute Gasteiger partial charge is 0.498 e. The van der Waals surface area contributed by atoms with Crippen molar-refractivity contribution >= 4 is 6.29 Å².